The zero-order chi connectivity index (χ0) is 47.8. The van der Waals surface area contributed by atoms with E-state index in [9.17, 15) is 28.8 Å². The first-order valence-electron chi connectivity index (χ1n) is 20.5. The Labute approximate surface area is 367 Å². The molecule has 0 spiro atoms. The summed E-state index contributed by atoms with van der Waals surface area (Å²) in [6.07, 6.45) is 10.7. The minimum Gasteiger partial charge on any atom is -0.480 e. The number of unbranched alkanes of at least 4 members (excludes halogenated alkanes) is 1. The quantitative estimate of drug-likeness (QED) is 0.0708. The van der Waals surface area contributed by atoms with Crippen molar-refractivity contribution in [1.82, 2.24) is 31.5 Å². The Morgan fingerprint density at radius 1 is 0.656 bits per heavy atom. The molecule has 61 heavy (non-hydrogen) atoms. The van der Waals surface area contributed by atoms with Gasteiger partial charge in [-0.05, 0) is 124 Å². The van der Waals surface area contributed by atoms with E-state index in [-0.39, 0.29) is 24.2 Å². The van der Waals surface area contributed by atoms with Crippen LogP contribution in [-0.4, -0.2) is 175 Å². The highest BCUT2D eigenvalue weighted by molar-refractivity contribution is 7.98. The molecule has 0 aliphatic carbocycles. The van der Waals surface area contributed by atoms with E-state index >= 15 is 0 Å². The first-order chi connectivity index (χ1) is 28.8. The number of benzene rings is 1. The average molecular weight is 894 g/mol. The largest absolute Gasteiger partial charge is 0.480 e. The molecule has 356 valence electrons. The van der Waals surface area contributed by atoms with Crippen LogP contribution in [0.2, 0.25) is 0 Å². The van der Waals surface area contributed by atoms with Crippen molar-refractivity contribution < 1.29 is 59.4 Å². The van der Waals surface area contributed by atoms with Gasteiger partial charge in [0.15, 0.2) is 0 Å². The summed E-state index contributed by atoms with van der Waals surface area (Å²) in [5, 5.41) is 64.9. The molecule has 0 bridgehead atoms. The minimum atomic E-state index is -0.814. The van der Waals surface area contributed by atoms with E-state index in [0.717, 1.165) is 62.8 Å². The molecular weight excluding hydrogens is 815 g/mol. The van der Waals surface area contributed by atoms with Gasteiger partial charge in [0, 0.05) is 0 Å². The number of likely N-dealkylation sites (N-methyl/N-ethyl adjacent to an activating group) is 6. The van der Waals surface area contributed by atoms with Crippen LogP contribution in [0.1, 0.15) is 83.6 Å². The zero-order valence-electron chi connectivity index (χ0n) is 37.8. The van der Waals surface area contributed by atoms with Crippen LogP contribution in [0.25, 0.3) is 0 Å². The number of aliphatic carboxylic acids is 6. The number of hydrogen-bond acceptors (Lipinski definition) is 14. The van der Waals surface area contributed by atoms with Gasteiger partial charge in [-0.3, -0.25) is 33.7 Å². The number of carbonyl (C=O) groups is 6. The first-order valence-corrected chi connectivity index (χ1v) is 21.9. The third-order valence-corrected chi connectivity index (χ3v) is 9.70. The molecule has 0 aromatic heterocycles. The smallest absolute Gasteiger partial charge is 0.321 e. The highest BCUT2D eigenvalue weighted by atomic mass is 32.2. The maximum Gasteiger partial charge on any atom is 0.321 e. The molecule has 6 atom stereocenters. The molecule has 1 aromatic rings. The van der Waals surface area contributed by atoms with Gasteiger partial charge in [-0.25, -0.2) is 0 Å². The number of thioether (sulfide) groups is 1. The summed E-state index contributed by atoms with van der Waals surface area (Å²) in [7, 11) is 10.1. The van der Waals surface area contributed by atoms with E-state index < -0.39 is 47.9 Å². The molecule has 1 aromatic carbocycles. The highest BCUT2D eigenvalue weighted by Gasteiger charge is 2.26. The van der Waals surface area contributed by atoms with Gasteiger partial charge in [0.1, 0.15) is 36.3 Å². The van der Waals surface area contributed by atoms with Crippen molar-refractivity contribution in [3.63, 3.8) is 0 Å². The molecule has 13 N–H and O–H groups in total. The molecule has 1 saturated heterocycles. The molecule has 0 radical (unpaired) electrons. The monoisotopic (exact) mass is 894 g/mol. The lowest BCUT2D eigenvalue weighted by atomic mass is 10.1. The fourth-order valence-electron chi connectivity index (χ4n) is 5.20. The van der Waals surface area contributed by atoms with Gasteiger partial charge in [-0.15, -0.1) is 0 Å². The number of likely N-dealkylation sites (tertiary alicyclic amines) is 1. The molecule has 2 rings (SSSR count). The van der Waals surface area contributed by atoms with Crippen LogP contribution >= 0.6 is 11.8 Å². The van der Waals surface area contributed by atoms with Gasteiger partial charge in [0.05, 0.1) is 0 Å². The predicted octanol–water partition coefficient (Wildman–Crippen LogP) is 2.19. The van der Waals surface area contributed by atoms with Crippen LogP contribution in [0.5, 0.6) is 0 Å². The Bertz CT molecular complexity index is 1230. The van der Waals surface area contributed by atoms with Crippen molar-refractivity contribution in [3.8, 4) is 0 Å². The Balaban J connectivity index is -0.000000321. The molecule has 1 fully saturated rings. The maximum absolute atomic E-state index is 10.7. The Morgan fingerprint density at radius 2 is 1.07 bits per heavy atom. The maximum atomic E-state index is 10.7. The van der Waals surface area contributed by atoms with E-state index in [1.54, 1.807) is 47.0 Å². The van der Waals surface area contributed by atoms with Gasteiger partial charge in [0.25, 0.3) is 0 Å². The molecule has 19 nitrogen and oxygen atoms in total. The Morgan fingerprint density at radius 3 is 1.34 bits per heavy atom. The normalized spacial score (nSPS) is 15.2. The second-order valence-electron chi connectivity index (χ2n) is 13.7. The van der Waals surface area contributed by atoms with E-state index in [2.05, 4.69) is 33.5 Å². The van der Waals surface area contributed by atoms with Crippen LogP contribution in [0.4, 0.5) is 0 Å². The number of rotatable bonds is 24. The second-order valence-corrected chi connectivity index (χ2v) is 14.7. The molecule has 1 heterocycles. The molecular formula is C41H79N7O12S. The predicted molar refractivity (Wildman–Crippen MR) is 242 cm³/mol. The van der Waals surface area contributed by atoms with Gasteiger partial charge in [0.2, 0.25) is 0 Å². The topological polar surface area (TPSA) is 313 Å². The summed E-state index contributed by atoms with van der Waals surface area (Å²) >= 11 is 1.66. The zero-order valence-corrected chi connectivity index (χ0v) is 38.6. The number of carboxylic acid groups (broad SMARTS) is 6. The first kappa shape index (κ1) is 63.7. The SMILES string of the molecule is CCCC[C@H](NC)C(=O)O.CCC[C@H](NC)C(=O)O.CN1CCC[C@H]1C(=O)O.CN[C@@H](CCCN)C(=O)O.CN[C@@H](CCSC)C(=O)O.CN[C@@H](Cc1ccccc1)C(=O)O. The van der Waals surface area contributed by atoms with E-state index in [0.29, 0.717) is 32.2 Å². The van der Waals surface area contributed by atoms with Gasteiger partial charge in [-0.1, -0.05) is 63.4 Å². The number of nitrogens with two attached hydrogens (primary N) is 1. The molecule has 20 heteroatoms. The molecule has 1 aliphatic rings. The van der Waals surface area contributed by atoms with Crippen LogP contribution < -0.4 is 32.3 Å². The number of hydrogen-bond donors (Lipinski definition) is 12. The van der Waals surface area contributed by atoms with Crippen LogP contribution in [0, 0.1) is 0 Å². The van der Waals surface area contributed by atoms with Crippen molar-refractivity contribution >= 4 is 47.6 Å². The lowest BCUT2D eigenvalue weighted by Gasteiger charge is -2.13. The lowest BCUT2D eigenvalue weighted by Crippen LogP contribution is -2.35. The summed E-state index contributed by atoms with van der Waals surface area (Å²) in [6, 6.07) is 7.31. The summed E-state index contributed by atoms with van der Waals surface area (Å²) in [5.41, 5.74) is 6.24. The standard InChI is InChI=1S/C10H13NO2.C7H15NO2.C6H14N2O2.C6H13NO2S.C6H11NO2.C6H13NO2/c1-11-9(10(12)13)7-8-5-3-2-4-6-8;1-3-4-5-6(8-2)7(9)10;1-8-5(6(9)10)3-2-4-7;1-7-5(6(8)9)3-4-10-2;1-7-4-2-3-5(7)6(8)9;1-3-4-5(7-2)6(8)9/h2-6,9,11H,7H2,1H3,(H,12,13);6,8H,3-5H2,1-2H3,(H,9,10);5,8H,2-4,7H2,1H3,(H,9,10);5,7H,3-4H2,1-2H3,(H,8,9);5H,2-4H2,1H3,(H,8,9);5,7H,3-4H2,1-2H3,(H,8,9)/t9-;6-;4*5-/m000000/s1. The van der Waals surface area contributed by atoms with Crippen LogP contribution in [-0.2, 0) is 35.2 Å². The number of carboxylic acids is 6. The number of nitrogens with one attached hydrogen (secondary N) is 5. The van der Waals surface area contributed by atoms with Gasteiger partial charge >= 0.3 is 35.8 Å². The average Bonchev–Trinajstić information content (AvgIpc) is 3.67. The molecule has 0 unspecified atom stereocenters. The molecule has 0 saturated carbocycles. The van der Waals surface area contributed by atoms with Crippen molar-refractivity contribution in [1.29, 1.82) is 0 Å². The fourth-order valence-corrected chi connectivity index (χ4v) is 5.68. The van der Waals surface area contributed by atoms with Crippen molar-refractivity contribution in [2.45, 2.75) is 121 Å². The molecule has 1 aliphatic heterocycles. The van der Waals surface area contributed by atoms with Crippen LogP contribution in [0.15, 0.2) is 30.3 Å². The third-order valence-electron chi connectivity index (χ3n) is 9.05. The third kappa shape index (κ3) is 36.5. The van der Waals surface area contributed by atoms with Crippen molar-refractivity contribution in [2.75, 3.05) is 67.4 Å². The fraction of sp³-hybridized carbons (Fsp3) is 0.707. The number of nitrogens with zero attached hydrogens (tertiary/aromatic N) is 1. The summed E-state index contributed by atoms with van der Waals surface area (Å²) in [4.78, 5) is 64.2. The lowest BCUT2D eigenvalue weighted by molar-refractivity contribution is -0.142. The second kappa shape index (κ2) is 42.8. The van der Waals surface area contributed by atoms with Crippen LogP contribution in [0.3, 0.4) is 0 Å². The summed E-state index contributed by atoms with van der Waals surface area (Å²) in [5.74, 6) is -3.71. The minimum absolute atomic E-state index is 0.218. The molecule has 0 amide bonds. The van der Waals surface area contributed by atoms with Gasteiger partial charge < -0.3 is 63.0 Å². The van der Waals surface area contributed by atoms with E-state index in [1.807, 2.05) is 55.5 Å². The Hall–Kier alpha value is -3.89. The van der Waals surface area contributed by atoms with Crippen molar-refractivity contribution in [3.05, 3.63) is 35.9 Å². The summed E-state index contributed by atoms with van der Waals surface area (Å²) in [6.45, 7) is 5.49. The summed E-state index contributed by atoms with van der Waals surface area (Å²) < 4.78 is 0. The van der Waals surface area contributed by atoms with E-state index in [1.165, 1.54) is 0 Å². The highest BCUT2D eigenvalue weighted by Crippen LogP contribution is 2.14. The van der Waals surface area contributed by atoms with Crippen molar-refractivity contribution in [2.24, 2.45) is 5.73 Å². The Kier molecular flexibility index (Phi) is 44.7. The van der Waals surface area contributed by atoms with Gasteiger partial charge in [-0.2, -0.15) is 11.8 Å². The van der Waals surface area contributed by atoms with E-state index in [4.69, 9.17) is 36.4 Å².